The summed E-state index contributed by atoms with van der Waals surface area (Å²) in [5, 5.41) is 2.96. The molecule has 0 aromatic heterocycles. The summed E-state index contributed by atoms with van der Waals surface area (Å²) >= 11 is 0. The lowest BCUT2D eigenvalue weighted by Crippen LogP contribution is -2.10. The van der Waals surface area contributed by atoms with Gasteiger partial charge in [-0.15, -0.1) is 0 Å². The highest BCUT2D eigenvalue weighted by Crippen LogP contribution is 2.06. The Morgan fingerprint density at radius 1 is 1.50 bits per heavy atom. The summed E-state index contributed by atoms with van der Waals surface area (Å²) < 4.78 is 0. The van der Waals surface area contributed by atoms with Crippen LogP contribution in [0.3, 0.4) is 0 Å². The monoisotopic (exact) mass is 164 g/mol. The highest BCUT2D eigenvalue weighted by molar-refractivity contribution is 5.74. The molecule has 0 aromatic rings. The summed E-state index contributed by atoms with van der Waals surface area (Å²) in [6.45, 7) is 0. The third-order valence-corrected chi connectivity index (χ3v) is 1.54. The third-order valence-electron chi connectivity index (χ3n) is 1.54. The van der Waals surface area contributed by atoms with E-state index in [0.29, 0.717) is 12.8 Å². The van der Waals surface area contributed by atoms with E-state index >= 15 is 0 Å². The average molecular weight is 164 g/mol. The van der Waals surface area contributed by atoms with E-state index in [1.807, 2.05) is 30.6 Å². The van der Waals surface area contributed by atoms with Gasteiger partial charge < -0.3 is 11.1 Å². The van der Waals surface area contributed by atoms with Crippen LogP contribution in [-0.2, 0) is 4.79 Å². The van der Waals surface area contributed by atoms with E-state index in [2.05, 4.69) is 5.32 Å². The van der Waals surface area contributed by atoms with Crippen molar-refractivity contribution < 1.29 is 4.79 Å². The molecular weight excluding hydrogens is 152 g/mol. The Morgan fingerprint density at radius 2 is 2.33 bits per heavy atom. The zero-order valence-electron chi connectivity index (χ0n) is 6.79. The standard InChI is InChI=1S/C9H12N2O/c10-9(12)5-4-8-3-1-2-6-11-7-8/h1-3,6-7,11H,4-5H2,(H2,10,12). The predicted molar refractivity (Wildman–Crippen MR) is 47.9 cm³/mol. The molecule has 0 atom stereocenters. The minimum absolute atomic E-state index is 0.262. The Hall–Kier alpha value is -1.51. The molecule has 0 bridgehead atoms. The van der Waals surface area contributed by atoms with Crippen LogP contribution in [-0.4, -0.2) is 5.91 Å². The van der Waals surface area contributed by atoms with Crippen LogP contribution in [0.25, 0.3) is 0 Å². The van der Waals surface area contributed by atoms with Gasteiger partial charge in [0.1, 0.15) is 0 Å². The highest BCUT2D eigenvalue weighted by atomic mass is 16.1. The largest absolute Gasteiger partial charge is 0.370 e. The lowest BCUT2D eigenvalue weighted by molar-refractivity contribution is -0.117. The van der Waals surface area contributed by atoms with Crippen LogP contribution in [0.15, 0.2) is 36.2 Å². The van der Waals surface area contributed by atoms with Crippen LogP contribution in [0.5, 0.6) is 0 Å². The van der Waals surface area contributed by atoms with Crippen molar-refractivity contribution in [2.45, 2.75) is 12.8 Å². The molecule has 1 rings (SSSR count). The van der Waals surface area contributed by atoms with Crippen molar-refractivity contribution in [1.82, 2.24) is 5.32 Å². The number of carbonyl (C=O) groups excluding carboxylic acids is 1. The van der Waals surface area contributed by atoms with E-state index in [0.717, 1.165) is 5.57 Å². The summed E-state index contributed by atoms with van der Waals surface area (Å²) in [5.41, 5.74) is 6.10. The molecule has 0 unspecified atom stereocenters. The van der Waals surface area contributed by atoms with Crippen LogP contribution in [0, 0.1) is 0 Å². The van der Waals surface area contributed by atoms with Crippen LogP contribution >= 0.6 is 0 Å². The smallest absolute Gasteiger partial charge is 0.217 e. The Labute approximate surface area is 71.6 Å². The second kappa shape index (κ2) is 4.38. The first kappa shape index (κ1) is 8.59. The summed E-state index contributed by atoms with van der Waals surface area (Å²) in [6, 6.07) is 0. The zero-order valence-corrected chi connectivity index (χ0v) is 6.79. The molecule has 0 saturated heterocycles. The minimum atomic E-state index is -0.262. The van der Waals surface area contributed by atoms with E-state index in [9.17, 15) is 4.79 Å². The lowest BCUT2D eigenvalue weighted by Gasteiger charge is -1.98. The van der Waals surface area contributed by atoms with Crippen molar-refractivity contribution in [3.8, 4) is 0 Å². The van der Waals surface area contributed by atoms with Crippen LogP contribution in [0.1, 0.15) is 12.8 Å². The molecule has 0 fully saturated rings. The number of rotatable bonds is 3. The quantitative estimate of drug-likeness (QED) is 0.648. The maximum atomic E-state index is 10.5. The molecule has 0 spiro atoms. The van der Waals surface area contributed by atoms with Crippen molar-refractivity contribution in [2.75, 3.05) is 0 Å². The summed E-state index contributed by atoms with van der Waals surface area (Å²) in [4.78, 5) is 10.5. The fourth-order valence-electron chi connectivity index (χ4n) is 0.917. The molecule has 3 heteroatoms. The molecule has 0 radical (unpaired) electrons. The van der Waals surface area contributed by atoms with Crippen LogP contribution in [0.2, 0.25) is 0 Å². The van der Waals surface area contributed by atoms with E-state index in [4.69, 9.17) is 5.73 Å². The van der Waals surface area contributed by atoms with E-state index in [1.54, 1.807) is 0 Å². The van der Waals surface area contributed by atoms with Crippen LogP contribution < -0.4 is 11.1 Å². The molecule has 0 aliphatic carbocycles. The normalized spacial score (nSPS) is 14.8. The van der Waals surface area contributed by atoms with Gasteiger partial charge in [-0.25, -0.2) is 0 Å². The molecule has 1 aliphatic heterocycles. The summed E-state index contributed by atoms with van der Waals surface area (Å²) in [5.74, 6) is -0.262. The van der Waals surface area contributed by atoms with Crippen molar-refractivity contribution in [3.05, 3.63) is 36.2 Å². The average Bonchev–Trinajstić information content (AvgIpc) is 2.28. The first-order chi connectivity index (χ1) is 5.79. The second-order valence-electron chi connectivity index (χ2n) is 2.57. The topological polar surface area (TPSA) is 55.1 Å². The molecule has 0 aromatic carbocycles. The van der Waals surface area contributed by atoms with Gasteiger partial charge in [0.05, 0.1) is 0 Å². The van der Waals surface area contributed by atoms with Gasteiger partial charge >= 0.3 is 0 Å². The second-order valence-corrected chi connectivity index (χ2v) is 2.57. The molecule has 3 nitrogen and oxygen atoms in total. The van der Waals surface area contributed by atoms with Gasteiger partial charge in [-0.3, -0.25) is 4.79 Å². The lowest BCUT2D eigenvalue weighted by atomic mass is 10.1. The molecule has 1 amide bonds. The molecule has 12 heavy (non-hydrogen) atoms. The zero-order chi connectivity index (χ0) is 8.81. The van der Waals surface area contributed by atoms with Gasteiger partial charge in [-0.05, 0) is 18.1 Å². The number of hydrogen-bond donors (Lipinski definition) is 2. The number of carbonyl (C=O) groups is 1. The van der Waals surface area contributed by atoms with Crippen LogP contribution in [0.4, 0.5) is 0 Å². The van der Waals surface area contributed by atoms with Gasteiger partial charge in [0.2, 0.25) is 5.91 Å². The van der Waals surface area contributed by atoms with Gasteiger partial charge in [0, 0.05) is 18.8 Å². The first-order valence-electron chi connectivity index (χ1n) is 3.85. The van der Waals surface area contributed by atoms with Gasteiger partial charge in [0.25, 0.3) is 0 Å². The van der Waals surface area contributed by atoms with Crippen molar-refractivity contribution in [2.24, 2.45) is 5.73 Å². The number of primary amides is 1. The number of amides is 1. The predicted octanol–water partition coefficient (Wildman–Crippen LogP) is 0.809. The Bertz CT molecular complexity index is 251. The Kier molecular flexibility index (Phi) is 3.14. The molecule has 1 heterocycles. The van der Waals surface area contributed by atoms with E-state index in [1.165, 1.54) is 0 Å². The number of nitrogens with two attached hydrogens (primary N) is 1. The summed E-state index contributed by atoms with van der Waals surface area (Å²) in [7, 11) is 0. The highest BCUT2D eigenvalue weighted by Gasteiger charge is 1.97. The van der Waals surface area contributed by atoms with E-state index < -0.39 is 0 Å². The fourth-order valence-corrected chi connectivity index (χ4v) is 0.917. The number of nitrogens with one attached hydrogen (secondary N) is 1. The Morgan fingerprint density at radius 3 is 3.08 bits per heavy atom. The number of hydrogen-bond acceptors (Lipinski definition) is 2. The molecular formula is C9H12N2O. The SMILES string of the molecule is NC(=O)CCC1=CNC=CC=C1. The van der Waals surface area contributed by atoms with E-state index in [-0.39, 0.29) is 5.91 Å². The molecule has 1 aliphatic rings. The fraction of sp³-hybridized carbons (Fsp3) is 0.222. The maximum absolute atomic E-state index is 10.5. The third kappa shape index (κ3) is 3.05. The van der Waals surface area contributed by atoms with Gasteiger partial charge in [-0.2, -0.15) is 0 Å². The first-order valence-corrected chi connectivity index (χ1v) is 3.85. The molecule has 64 valence electrons. The van der Waals surface area contributed by atoms with Crippen molar-refractivity contribution in [3.63, 3.8) is 0 Å². The number of allylic oxidation sites excluding steroid dienone is 4. The van der Waals surface area contributed by atoms with Crippen molar-refractivity contribution >= 4 is 5.91 Å². The minimum Gasteiger partial charge on any atom is -0.370 e. The molecule has 0 saturated carbocycles. The maximum Gasteiger partial charge on any atom is 0.217 e. The van der Waals surface area contributed by atoms with Crippen molar-refractivity contribution in [1.29, 1.82) is 0 Å². The van der Waals surface area contributed by atoms with Gasteiger partial charge in [0.15, 0.2) is 0 Å². The Balaban J connectivity index is 2.42. The molecule has 3 N–H and O–H groups in total. The van der Waals surface area contributed by atoms with Gasteiger partial charge in [-0.1, -0.05) is 12.2 Å². The summed E-state index contributed by atoms with van der Waals surface area (Å²) in [6.07, 6.45) is 10.6.